The monoisotopic (exact) mass is 1200 g/mol. The van der Waals surface area contributed by atoms with Gasteiger partial charge in [-0.3, -0.25) is 29.0 Å². The number of ketones is 1. The normalized spacial score (nSPS) is 28.5. The summed E-state index contributed by atoms with van der Waals surface area (Å²) in [5, 5.41) is 69.1. The number of phenolic OH excluding ortho intramolecular Hbond substituents is 3. The van der Waals surface area contributed by atoms with Crippen LogP contribution in [0.2, 0.25) is 5.02 Å². The lowest BCUT2D eigenvalue weighted by Gasteiger charge is -2.39. The van der Waals surface area contributed by atoms with Crippen LogP contribution in [0, 0.1) is 48.2 Å². The second kappa shape index (κ2) is 24.4. The van der Waals surface area contributed by atoms with Crippen LogP contribution in [-0.2, 0) is 28.6 Å². The van der Waals surface area contributed by atoms with Gasteiger partial charge in [0.15, 0.2) is 5.75 Å². The molecule has 4 aromatic rings. The second-order valence-corrected chi connectivity index (χ2v) is 24.0. The highest BCUT2D eigenvalue weighted by atomic mass is 35.5. The third-order valence-corrected chi connectivity index (χ3v) is 18.4. The largest absolute Gasteiger partial charge is 0.507 e. The summed E-state index contributed by atoms with van der Waals surface area (Å²) in [6.45, 7) is 16.2. The van der Waals surface area contributed by atoms with Gasteiger partial charge in [0, 0.05) is 99.7 Å². The third kappa shape index (κ3) is 11.8. The van der Waals surface area contributed by atoms with Crippen molar-refractivity contribution in [1.29, 1.82) is 0 Å². The molecule has 0 radical (unpaired) electrons. The maximum Gasteiger partial charge on any atom is 0.341 e. The number of amides is 2. The van der Waals surface area contributed by atoms with Gasteiger partial charge >= 0.3 is 17.7 Å². The van der Waals surface area contributed by atoms with Crippen molar-refractivity contribution < 1.29 is 72.8 Å². The zero-order valence-corrected chi connectivity index (χ0v) is 50.0. The van der Waals surface area contributed by atoms with E-state index in [-0.39, 0.29) is 121 Å². The SMILES string of the molecule is CO[C@H]1/C=C/O[C@@]2(C)Oc3c(C)c(O)c4c(O)c(c(/C=N/N5CCC(C(=O)NC6CCN(c7c(F)cc8c(=O)c(C(=O)O)cn(C9CC9)c8c7Cl)C6)CC5)c(O)c4c3C2=O)NC(=O)/C(C)=C\C=C\[C@H](C)[C@H](O)[C@@H](C)[C@@H](C)[C@@H](C)[C@H](OC(C)=O)[C@@H]1C. The minimum absolute atomic E-state index is 0.00850. The van der Waals surface area contributed by atoms with Crippen molar-refractivity contribution in [2.24, 2.45) is 40.6 Å². The number of aromatic nitrogens is 1. The first-order valence-corrected chi connectivity index (χ1v) is 29.1. The molecule has 1 saturated carbocycles. The number of hydrazone groups is 1. The van der Waals surface area contributed by atoms with Crippen LogP contribution in [-0.4, -0.2) is 134 Å². The van der Waals surface area contributed by atoms with E-state index in [1.807, 2.05) is 34.6 Å². The Hall–Kier alpha value is -7.69. The van der Waals surface area contributed by atoms with E-state index in [2.05, 4.69) is 15.7 Å². The molecule has 6 aliphatic rings. The number of anilines is 2. The number of ether oxygens (including phenoxy) is 4. The number of aromatic carboxylic acids is 1. The average Bonchev–Trinajstić information content (AvgIpc) is 1.78. The lowest BCUT2D eigenvalue weighted by atomic mass is 9.73. The average molecular weight is 1200 g/mol. The molecule has 2 amide bonds. The van der Waals surface area contributed by atoms with Crippen molar-refractivity contribution in [3.8, 4) is 23.0 Å². The summed E-state index contributed by atoms with van der Waals surface area (Å²) in [4.78, 5) is 82.1. The molecule has 3 fully saturated rings. The number of carbonyl (C=O) groups is 5. The molecule has 1 unspecified atom stereocenters. The lowest BCUT2D eigenvalue weighted by molar-refractivity contribution is -0.157. The highest BCUT2D eigenvalue weighted by molar-refractivity contribution is 6.38. The maximum atomic E-state index is 15.9. The van der Waals surface area contributed by atoms with Gasteiger partial charge < -0.3 is 64.6 Å². The Morgan fingerprint density at radius 1 is 0.929 bits per heavy atom. The number of halogens is 2. The Labute approximate surface area is 495 Å². The predicted molar refractivity (Wildman–Crippen MR) is 316 cm³/mol. The lowest BCUT2D eigenvalue weighted by Crippen LogP contribution is -2.44. The molecule has 10 rings (SSSR count). The van der Waals surface area contributed by atoms with E-state index in [0.717, 1.165) is 18.9 Å². The van der Waals surface area contributed by atoms with Crippen molar-refractivity contribution >= 4 is 80.4 Å². The summed E-state index contributed by atoms with van der Waals surface area (Å²) < 4.78 is 41.7. The van der Waals surface area contributed by atoms with Crippen molar-refractivity contribution in [3.05, 3.63) is 91.7 Å². The summed E-state index contributed by atoms with van der Waals surface area (Å²) in [5.74, 6) is -10.8. The molecule has 10 atom stereocenters. The number of pyridine rings is 1. The Morgan fingerprint density at radius 2 is 1.62 bits per heavy atom. The number of nitrogens with one attached hydrogen (secondary N) is 2. The number of Topliss-reactive ketones (excluding diaryl/α,β-unsaturated/α-hetero) is 1. The quantitative estimate of drug-likeness (QED) is 0.0357. The van der Waals surface area contributed by atoms with Crippen molar-refractivity contribution in [2.45, 2.75) is 131 Å². The van der Waals surface area contributed by atoms with Gasteiger partial charge in [-0.1, -0.05) is 64.4 Å². The van der Waals surface area contributed by atoms with Gasteiger partial charge in [0.1, 0.15) is 34.7 Å². The highest BCUT2D eigenvalue weighted by Crippen LogP contribution is 2.55. The van der Waals surface area contributed by atoms with Gasteiger partial charge in [-0.15, -0.1) is 0 Å². The Bertz CT molecular complexity index is 3570. The van der Waals surface area contributed by atoms with E-state index >= 15 is 4.39 Å². The summed E-state index contributed by atoms with van der Waals surface area (Å²) in [6.07, 6.45) is 10.4. The number of carboxylic acids is 1. The molecular weight excluding hydrogens is 1120 g/mol. The molecule has 85 heavy (non-hydrogen) atoms. The van der Waals surface area contributed by atoms with Crippen LogP contribution in [0.3, 0.4) is 0 Å². The molecular formula is C62H74ClFN6O15. The first-order valence-electron chi connectivity index (χ1n) is 28.7. The fraction of sp³-hybridized carbons (Fsp3) is 0.500. The van der Waals surface area contributed by atoms with Gasteiger partial charge in [0.05, 0.1) is 68.5 Å². The van der Waals surface area contributed by atoms with Crippen molar-refractivity contribution in [2.75, 3.05) is 43.5 Å². The number of aromatic hydroxyl groups is 3. The molecule has 23 heteroatoms. The van der Waals surface area contributed by atoms with E-state index < -0.39 is 99.5 Å². The molecule has 5 bridgehead atoms. The fourth-order valence-corrected chi connectivity index (χ4v) is 12.8. The number of carboxylic acid groups (broad SMARTS) is 1. The van der Waals surface area contributed by atoms with Crippen molar-refractivity contribution in [3.63, 3.8) is 0 Å². The van der Waals surface area contributed by atoms with Crippen LogP contribution in [0.25, 0.3) is 21.7 Å². The number of carbonyl (C=O) groups excluding carboxylic acids is 4. The number of piperidine rings is 1. The van der Waals surface area contributed by atoms with E-state index in [0.29, 0.717) is 25.8 Å². The zero-order valence-electron chi connectivity index (χ0n) is 49.2. The Kier molecular flexibility index (Phi) is 17.7. The van der Waals surface area contributed by atoms with Crippen LogP contribution < -0.4 is 25.7 Å². The number of rotatable bonds is 9. The topological polar surface area (TPSA) is 288 Å². The Morgan fingerprint density at radius 3 is 2.27 bits per heavy atom. The van der Waals surface area contributed by atoms with E-state index in [1.54, 1.807) is 32.7 Å². The summed E-state index contributed by atoms with van der Waals surface area (Å²) in [6, 6.07) is 0.565. The van der Waals surface area contributed by atoms with Gasteiger partial charge in [-0.25, -0.2) is 9.18 Å². The van der Waals surface area contributed by atoms with Crippen LogP contribution >= 0.6 is 11.6 Å². The molecule has 5 aliphatic heterocycles. The molecule has 21 nitrogen and oxygen atoms in total. The minimum atomic E-state index is -2.10. The summed E-state index contributed by atoms with van der Waals surface area (Å²) in [7, 11) is 1.47. The molecule has 1 aromatic heterocycles. The Balaban J connectivity index is 0.986. The minimum Gasteiger partial charge on any atom is -0.507 e. The smallest absolute Gasteiger partial charge is 0.341 e. The molecule has 2 saturated heterocycles. The van der Waals surface area contributed by atoms with Crippen LogP contribution in [0.4, 0.5) is 15.8 Å². The number of aliphatic hydroxyl groups is 1. The number of hydrogen-bond donors (Lipinski definition) is 7. The first kappa shape index (κ1) is 61.9. The van der Waals surface area contributed by atoms with Gasteiger partial charge in [-0.2, -0.15) is 5.10 Å². The van der Waals surface area contributed by atoms with E-state index in [9.17, 15) is 54.3 Å². The third-order valence-electron chi connectivity index (χ3n) is 18.0. The van der Waals surface area contributed by atoms with Crippen molar-refractivity contribution in [1.82, 2.24) is 14.9 Å². The first-order chi connectivity index (χ1) is 40.2. The number of methoxy groups -OCH3 is 1. The molecule has 3 aromatic carbocycles. The summed E-state index contributed by atoms with van der Waals surface area (Å²) in [5.41, 5.74) is -1.67. The van der Waals surface area contributed by atoms with Gasteiger partial charge in [0.2, 0.25) is 11.3 Å². The maximum absolute atomic E-state index is 15.9. The predicted octanol–water partition coefficient (Wildman–Crippen LogP) is 8.61. The van der Waals surface area contributed by atoms with Crippen LogP contribution in [0.5, 0.6) is 23.0 Å². The standard InChI is InChI=1S/C62H74ClFN6O15/c1-28-12-11-13-29(2)59(78)67-48-40(25-65-69-21-16-36(17-22-69)60(79)66-37-18-20-68(26-37)50-42(64)24-39-49(47(50)63)70(38-14-15-38)27-41(53(39)74)61(80)81)54(75)44-45(55(48)76)52(73)34(7)57-46(44)58(77)62(9,85-57)83-23-19-43(82-10)33(6)56(84-35(8)71)32(5)30(3)31(4)51(28)72/h11-13,19,23-25,27-28,30-33,36-38,43,51,56,72-73,75-76H,14-18,20-22,26H2,1-10H3,(H,66,79)(H,67,78)(H,80,81)/b12-11+,23-19+,29-13-,65-25+/t28-,30+,31-,32+,33+,37?,43-,51-,56-,62-/m0/s1. The highest BCUT2D eigenvalue weighted by Gasteiger charge is 2.50. The summed E-state index contributed by atoms with van der Waals surface area (Å²) >= 11 is 6.90. The van der Waals surface area contributed by atoms with Crippen LogP contribution in [0.1, 0.15) is 125 Å². The number of nitrogens with zero attached hydrogens (tertiary/aromatic N) is 4. The number of phenols is 3. The molecule has 1 aliphatic carbocycles. The molecule has 456 valence electrons. The van der Waals surface area contributed by atoms with E-state index in [1.165, 1.54) is 59.6 Å². The number of aliphatic hydroxyl groups excluding tert-OH is 1. The number of fused-ring (bicyclic) bond motifs is 15. The van der Waals surface area contributed by atoms with E-state index in [4.69, 9.17) is 30.5 Å². The number of hydrogen-bond acceptors (Lipinski definition) is 17. The molecule has 6 heterocycles. The number of allylic oxidation sites excluding steroid dienone is 2. The van der Waals surface area contributed by atoms with Gasteiger partial charge in [-0.05, 0) is 75.8 Å². The number of benzene rings is 3. The van der Waals surface area contributed by atoms with Crippen LogP contribution in [0.15, 0.2) is 58.3 Å². The fourth-order valence-electron chi connectivity index (χ4n) is 12.4. The number of esters is 1. The molecule has 0 spiro atoms. The molecule has 7 N–H and O–H groups in total. The zero-order chi connectivity index (χ0) is 61.8. The van der Waals surface area contributed by atoms with Gasteiger partial charge in [0.25, 0.3) is 11.7 Å². The second-order valence-electron chi connectivity index (χ2n) is 23.6.